The number of aliphatic imine (C=N–C) groups is 1. The van der Waals surface area contributed by atoms with E-state index >= 15 is 0 Å². The van der Waals surface area contributed by atoms with Gasteiger partial charge in [-0.15, -0.1) is 0 Å². The second kappa shape index (κ2) is 8.01. The number of methoxy groups -OCH3 is 1. The molecule has 0 N–H and O–H groups in total. The number of hydrogen-bond acceptors (Lipinski definition) is 5. The van der Waals surface area contributed by atoms with Crippen molar-refractivity contribution in [3.05, 3.63) is 53.4 Å². The lowest BCUT2D eigenvalue weighted by Crippen LogP contribution is -2.26. The molecular weight excluding hydrogens is 336 g/mol. The molecule has 1 aromatic carbocycles. The number of rotatable bonds is 6. The Kier molecular flexibility index (Phi) is 5.30. The van der Waals surface area contributed by atoms with Crippen molar-refractivity contribution >= 4 is 5.71 Å². The standard InChI is InChI=1S/C22H26N4O/c1-26(15-21-20-6-4-3-5-18(20)13-23-21)14-16-11-24-22(25-12-16)17-7-9-19(27-2)10-8-17/h7-12H,3-6,13-15H2,1-2H3. The average Bonchev–Trinajstić information content (AvgIpc) is 3.11. The maximum atomic E-state index is 5.20. The number of ether oxygens (including phenoxy) is 1. The zero-order valence-corrected chi connectivity index (χ0v) is 16.1. The minimum absolute atomic E-state index is 0.737. The van der Waals surface area contributed by atoms with Crippen molar-refractivity contribution in [2.75, 3.05) is 27.2 Å². The van der Waals surface area contributed by atoms with E-state index < -0.39 is 0 Å². The Bertz CT molecular complexity index is 853. The highest BCUT2D eigenvalue weighted by Crippen LogP contribution is 2.30. The van der Waals surface area contributed by atoms with Crippen LogP contribution in [-0.2, 0) is 6.54 Å². The van der Waals surface area contributed by atoms with E-state index in [4.69, 9.17) is 9.73 Å². The zero-order valence-electron chi connectivity index (χ0n) is 16.1. The normalized spacial score (nSPS) is 16.5. The van der Waals surface area contributed by atoms with Crippen LogP contribution in [0.3, 0.4) is 0 Å². The van der Waals surface area contributed by atoms with Crippen LogP contribution in [0.25, 0.3) is 11.4 Å². The molecule has 0 atom stereocenters. The second-order valence-electron chi connectivity index (χ2n) is 7.37. The van der Waals surface area contributed by atoms with Crippen molar-refractivity contribution in [1.82, 2.24) is 14.9 Å². The van der Waals surface area contributed by atoms with Gasteiger partial charge in [-0.05, 0) is 68.1 Å². The zero-order chi connectivity index (χ0) is 18.6. The van der Waals surface area contributed by atoms with Gasteiger partial charge in [0.25, 0.3) is 0 Å². The topological polar surface area (TPSA) is 50.6 Å². The van der Waals surface area contributed by atoms with E-state index in [1.54, 1.807) is 18.3 Å². The second-order valence-corrected chi connectivity index (χ2v) is 7.37. The Labute approximate surface area is 160 Å². The van der Waals surface area contributed by atoms with Gasteiger partial charge < -0.3 is 4.74 Å². The van der Waals surface area contributed by atoms with Crippen molar-refractivity contribution in [3.8, 4) is 17.1 Å². The lowest BCUT2D eigenvalue weighted by atomic mass is 9.91. The van der Waals surface area contributed by atoms with Crippen LogP contribution < -0.4 is 4.74 Å². The Morgan fingerprint density at radius 3 is 2.48 bits per heavy atom. The first-order chi connectivity index (χ1) is 13.2. The SMILES string of the molecule is COc1ccc(-c2ncc(CN(C)CC3=NCC4=C3CCCC4)cn2)cc1. The molecule has 140 valence electrons. The predicted molar refractivity (Wildman–Crippen MR) is 108 cm³/mol. The van der Waals surface area contributed by atoms with Crippen molar-refractivity contribution in [1.29, 1.82) is 0 Å². The van der Waals surface area contributed by atoms with Crippen LogP contribution in [0.5, 0.6) is 5.75 Å². The van der Waals surface area contributed by atoms with Crippen LogP contribution in [0.15, 0.2) is 52.8 Å². The molecule has 2 aromatic rings. The molecule has 27 heavy (non-hydrogen) atoms. The van der Waals surface area contributed by atoms with Crippen molar-refractivity contribution in [2.24, 2.45) is 4.99 Å². The highest BCUT2D eigenvalue weighted by atomic mass is 16.5. The van der Waals surface area contributed by atoms with Gasteiger partial charge in [-0.3, -0.25) is 9.89 Å². The molecule has 1 aliphatic heterocycles. The number of aromatic nitrogens is 2. The van der Waals surface area contributed by atoms with E-state index in [0.717, 1.165) is 42.3 Å². The fraction of sp³-hybridized carbons (Fsp3) is 0.409. The molecule has 0 spiro atoms. The summed E-state index contributed by atoms with van der Waals surface area (Å²) in [6.07, 6.45) is 8.93. The van der Waals surface area contributed by atoms with E-state index in [-0.39, 0.29) is 0 Å². The number of nitrogens with zero attached hydrogens (tertiary/aromatic N) is 4. The van der Waals surface area contributed by atoms with Gasteiger partial charge in [-0.25, -0.2) is 9.97 Å². The highest BCUT2D eigenvalue weighted by Gasteiger charge is 2.22. The van der Waals surface area contributed by atoms with Crippen LogP contribution in [0, 0.1) is 0 Å². The Balaban J connectivity index is 1.37. The molecule has 0 radical (unpaired) electrons. The van der Waals surface area contributed by atoms with E-state index in [1.165, 1.54) is 31.4 Å². The molecule has 0 saturated carbocycles. The average molecular weight is 362 g/mol. The van der Waals surface area contributed by atoms with E-state index in [9.17, 15) is 0 Å². The number of benzene rings is 1. The van der Waals surface area contributed by atoms with Gasteiger partial charge in [-0.1, -0.05) is 0 Å². The summed E-state index contributed by atoms with van der Waals surface area (Å²) in [6.45, 7) is 2.65. The lowest BCUT2D eigenvalue weighted by molar-refractivity contribution is 0.372. The molecule has 2 heterocycles. The summed E-state index contributed by atoms with van der Waals surface area (Å²) in [5.74, 6) is 1.57. The van der Waals surface area contributed by atoms with Crippen LogP contribution in [0.1, 0.15) is 31.2 Å². The molecule has 0 fully saturated rings. The third kappa shape index (κ3) is 4.08. The molecule has 0 bridgehead atoms. The van der Waals surface area contributed by atoms with Gasteiger partial charge in [0.05, 0.1) is 19.4 Å². The summed E-state index contributed by atoms with van der Waals surface area (Å²) in [4.78, 5) is 16.2. The van der Waals surface area contributed by atoms with Gasteiger partial charge >= 0.3 is 0 Å². The van der Waals surface area contributed by atoms with Gasteiger partial charge in [0.1, 0.15) is 5.75 Å². The van der Waals surface area contributed by atoms with E-state index in [1.807, 2.05) is 36.7 Å². The molecule has 5 nitrogen and oxygen atoms in total. The minimum Gasteiger partial charge on any atom is -0.497 e. The maximum Gasteiger partial charge on any atom is 0.159 e. The summed E-state index contributed by atoms with van der Waals surface area (Å²) < 4.78 is 5.20. The molecule has 0 saturated heterocycles. The maximum absolute atomic E-state index is 5.20. The monoisotopic (exact) mass is 362 g/mol. The smallest absolute Gasteiger partial charge is 0.159 e. The Morgan fingerprint density at radius 2 is 1.74 bits per heavy atom. The van der Waals surface area contributed by atoms with Crippen LogP contribution in [-0.4, -0.2) is 47.8 Å². The van der Waals surface area contributed by atoms with Crippen LogP contribution in [0.2, 0.25) is 0 Å². The minimum atomic E-state index is 0.737. The molecule has 5 heteroatoms. The Hall–Kier alpha value is -2.53. The Morgan fingerprint density at radius 1 is 1.00 bits per heavy atom. The largest absolute Gasteiger partial charge is 0.497 e. The summed E-state index contributed by atoms with van der Waals surface area (Å²) in [5, 5.41) is 0. The molecule has 0 amide bonds. The van der Waals surface area contributed by atoms with E-state index in [0.29, 0.717) is 0 Å². The van der Waals surface area contributed by atoms with Gasteiger partial charge in [0.2, 0.25) is 0 Å². The fourth-order valence-corrected chi connectivity index (χ4v) is 3.87. The quantitative estimate of drug-likeness (QED) is 0.782. The predicted octanol–water partition coefficient (Wildman–Crippen LogP) is 3.91. The summed E-state index contributed by atoms with van der Waals surface area (Å²) in [6, 6.07) is 7.81. The molecule has 2 aliphatic rings. The van der Waals surface area contributed by atoms with Crippen molar-refractivity contribution in [2.45, 2.75) is 32.2 Å². The first-order valence-corrected chi connectivity index (χ1v) is 9.61. The summed E-state index contributed by atoms with van der Waals surface area (Å²) in [7, 11) is 3.81. The van der Waals surface area contributed by atoms with Crippen LogP contribution in [0.4, 0.5) is 0 Å². The molecule has 0 unspecified atom stereocenters. The first-order valence-electron chi connectivity index (χ1n) is 9.61. The summed E-state index contributed by atoms with van der Waals surface area (Å²) in [5.41, 5.74) is 6.53. The first kappa shape index (κ1) is 17.9. The van der Waals surface area contributed by atoms with Crippen molar-refractivity contribution < 1.29 is 4.74 Å². The molecule has 1 aromatic heterocycles. The summed E-state index contributed by atoms with van der Waals surface area (Å²) >= 11 is 0. The van der Waals surface area contributed by atoms with Crippen LogP contribution >= 0.6 is 0 Å². The van der Waals surface area contributed by atoms with Gasteiger partial charge in [-0.2, -0.15) is 0 Å². The van der Waals surface area contributed by atoms with Crippen molar-refractivity contribution in [3.63, 3.8) is 0 Å². The third-order valence-electron chi connectivity index (χ3n) is 5.32. The number of hydrogen-bond donors (Lipinski definition) is 0. The molecular formula is C22H26N4O. The lowest BCUT2D eigenvalue weighted by Gasteiger charge is -2.20. The molecule has 4 rings (SSSR count). The third-order valence-corrected chi connectivity index (χ3v) is 5.32. The van der Waals surface area contributed by atoms with Gasteiger partial charge in [0.15, 0.2) is 5.82 Å². The van der Waals surface area contributed by atoms with E-state index in [2.05, 4.69) is 21.9 Å². The van der Waals surface area contributed by atoms with Gasteiger partial charge in [0, 0.05) is 36.6 Å². The molecule has 1 aliphatic carbocycles. The highest BCUT2D eigenvalue weighted by molar-refractivity contribution is 6.04. The fourth-order valence-electron chi connectivity index (χ4n) is 3.87.